The van der Waals surface area contributed by atoms with Gasteiger partial charge in [0.15, 0.2) is 0 Å². The fraction of sp³-hybridized carbons (Fsp3) is 0.684. The molecule has 1 aromatic rings. The van der Waals surface area contributed by atoms with Crippen molar-refractivity contribution in [2.24, 2.45) is 0 Å². The third kappa shape index (κ3) is 4.81. The molecular weight excluding hydrogens is 264 g/mol. The molecule has 0 aromatic heterocycles. The Hall–Kier alpha value is -0.490. The van der Waals surface area contributed by atoms with Crippen LogP contribution < -0.4 is 0 Å². The third-order valence-corrected chi connectivity index (χ3v) is 4.64. The molecule has 0 nitrogen and oxygen atoms in total. The van der Waals surface area contributed by atoms with E-state index in [1.807, 2.05) is 0 Å². The number of rotatable bonds is 9. The van der Waals surface area contributed by atoms with Crippen LogP contribution in [0.4, 0.5) is 0 Å². The molecular formula is C19H31Cl. The van der Waals surface area contributed by atoms with Gasteiger partial charge in [-0.1, -0.05) is 65.5 Å². The maximum absolute atomic E-state index is 6.75. The normalized spacial score (nSPS) is 12.7. The summed E-state index contributed by atoms with van der Waals surface area (Å²) < 4.78 is 0. The second kappa shape index (κ2) is 9.45. The summed E-state index contributed by atoms with van der Waals surface area (Å²) >= 11 is 6.75. The smallest absolute Gasteiger partial charge is 0.0590 e. The van der Waals surface area contributed by atoms with E-state index in [4.69, 9.17) is 11.6 Å². The molecule has 0 aliphatic heterocycles. The lowest BCUT2D eigenvalue weighted by molar-refractivity contribution is 0.620. The highest BCUT2D eigenvalue weighted by atomic mass is 35.5. The van der Waals surface area contributed by atoms with Crippen molar-refractivity contribution in [3.63, 3.8) is 0 Å². The molecule has 20 heavy (non-hydrogen) atoms. The lowest BCUT2D eigenvalue weighted by Crippen LogP contribution is -2.04. The standard InChI is InChI=1S/C19H31Cl/c1-5-9-10-11-12-18(20)19-16(7-3)13-15(6-2)14-17(19)8-4/h13-14,18H,5-12H2,1-4H3. The van der Waals surface area contributed by atoms with Gasteiger partial charge in [0, 0.05) is 0 Å². The first-order valence-electron chi connectivity index (χ1n) is 8.46. The van der Waals surface area contributed by atoms with E-state index in [-0.39, 0.29) is 5.38 Å². The van der Waals surface area contributed by atoms with Crippen LogP contribution in [0.1, 0.15) is 87.4 Å². The molecule has 0 radical (unpaired) electrons. The van der Waals surface area contributed by atoms with Crippen LogP contribution in [0.25, 0.3) is 0 Å². The van der Waals surface area contributed by atoms with Gasteiger partial charge in [-0.2, -0.15) is 0 Å². The minimum atomic E-state index is 0.197. The number of aryl methyl sites for hydroxylation is 3. The van der Waals surface area contributed by atoms with Crippen molar-refractivity contribution in [2.75, 3.05) is 0 Å². The van der Waals surface area contributed by atoms with Gasteiger partial charge in [-0.25, -0.2) is 0 Å². The van der Waals surface area contributed by atoms with Crippen LogP contribution in [0.2, 0.25) is 0 Å². The van der Waals surface area contributed by atoms with E-state index in [1.54, 1.807) is 0 Å². The van der Waals surface area contributed by atoms with Gasteiger partial charge in [-0.15, -0.1) is 11.6 Å². The average Bonchev–Trinajstić information content (AvgIpc) is 2.49. The fourth-order valence-electron chi connectivity index (χ4n) is 2.94. The molecule has 1 atom stereocenters. The van der Waals surface area contributed by atoms with Gasteiger partial charge in [0.25, 0.3) is 0 Å². The minimum Gasteiger partial charge on any atom is -0.118 e. The summed E-state index contributed by atoms with van der Waals surface area (Å²) in [7, 11) is 0. The maximum Gasteiger partial charge on any atom is 0.0590 e. The number of alkyl halides is 1. The van der Waals surface area contributed by atoms with Crippen molar-refractivity contribution in [3.8, 4) is 0 Å². The summed E-state index contributed by atoms with van der Waals surface area (Å²) in [5, 5.41) is 0.197. The van der Waals surface area contributed by atoms with E-state index >= 15 is 0 Å². The molecule has 1 aromatic carbocycles. The summed E-state index contributed by atoms with van der Waals surface area (Å²) in [6.45, 7) is 8.99. The highest BCUT2D eigenvalue weighted by Crippen LogP contribution is 2.34. The van der Waals surface area contributed by atoms with E-state index in [0.29, 0.717) is 0 Å². The zero-order chi connectivity index (χ0) is 15.0. The van der Waals surface area contributed by atoms with E-state index in [9.17, 15) is 0 Å². The molecule has 114 valence electrons. The van der Waals surface area contributed by atoms with Crippen LogP contribution in [-0.4, -0.2) is 0 Å². The highest BCUT2D eigenvalue weighted by Gasteiger charge is 2.16. The van der Waals surface area contributed by atoms with E-state index < -0.39 is 0 Å². The molecule has 0 saturated carbocycles. The molecule has 1 rings (SSSR count). The van der Waals surface area contributed by atoms with Crippen molar-refractivity contribution in [1.29, 1.82) is 0 Å². The molecule has 0 fully saturated rings. The van der Waals surface area contributed by atoms with Crippen LogP contribution >= 0.6 is 11.6 Å². The fourth-order valence-corrected chi connectivity index (χ4v) is 3.37. The first-order valence-corrected chi connectivity index (χ1v) is 8.90. The average molecular weight is 295 g/mol. The number of halogens is 1. The molecule has 0 aliphatic carbocycles. The summed E-state index contributed by atoms with van der Waals surface area (Å²) in [4.78, 5) is 0. The van der Waals surface area contributed by atoms with Crippen LogP contribution in [0, 0.1) is 0 Å². The quantitative estimate of drug-likeness (QED) is 0.354. The second-order valence-electron chi connectivity index (χ2n) is 5.71. The van der Waals surface area contributed by atoms with Gasteiger partial charge in [-0.3, -0.25) is 0 Å². The summed E-state index contributed by atoms with van der Waals surface area (Å²) in [6, 6.07) is 4.74. The van der Waals surface area contributed by atoms with Crippen molar-refractivity contribution in [3.05, 3.63) is 34.4 Å². The van der Waals surface area contributed by atoms with Gasteiger partial charge < -0.3 is 0 Å². The Balaban J connectivity index is 2.90. The number of hydrogen-bond acceptors (Lipinski definition) is 0. The Bertz CT molecular complexity index is 370. The predicted octanol–water partition coefficient (Wildman–Crippen LogP) is 6.62. The molecule has 0 heterocycles. The summed E-state index contributed by atoms with van der Waals surface area (Å²) in [5.74, 6) is 0. The van der Waals surface area contributed by atoms with Gasteiger partial charge in [-0.05, 0) is 47.9 Å². The van der Waals surface area contributed by atoms with Crippen LogP contribution in [0.5, 0.6) is 0 Å². The molecule has 0 spiro atoms. The van der Waals surface area contributed by atoms with E-state index in [2.05, 4.69) is 39.8 Å². The van der Waals surface area contributed by atoms with Crippen LogP contribution in [-0.2, 0) is 19.3 Å². The van der Waals surface area contributed by atoms with Crippen molar-refractivity contribution >= 4 is 11.6 Å². The van der Waals surface area contributed by atoms with Crippen molar-refractivity contribution in [1.82, 2.24) is 0 Å². The predicted molar refractivity (Wildman–Crippen MR) is 91.9 cm³/mol. The molecule has 0 aliphatic rings. The molecule has 1 heteroatoms. The summed E-state index contributed by atoms with van der Waals surface area (Å²) in [6.07, 6.45) is 9.61. The largest absolute Gasteiger partial charge is 0.118 e. The van der Waals surface area contributed by atoms with Crippen molar-refractivity contribution in [2.45, 2.75) is 84.4 Å². The molecule has 0 saturated heterocycles. The van der Waals surface area contributed by atoms with Gasteiger partial charge in [0.1, 0.15) is 0 Å². The highest BCUT2D eigenvalue weighted by molar-refractivity contribution is 6.21. The van der Waals surface area contributed by atoms with E-state index in [1.165, 1.54) is 47.9 Å². The Labute approximate surface area is 130 Å². The first kappa shape index (κ1) is 17.6. The Morgan fingerprint density at radius 2 is 1.45 bits per heavy atom. The first-order chi connectivity index (χ1) is 9.67. The molecule has 0 bridgehead atoms. The van der Waals surface area contributed by atoms with Gasteiger partial charge in [0.05, 0.1) is 5.38 Å². The topological polar surface area (TPSA) is 0 Å². The van der Waals surface area contributed by atoms with Crippen LogP contribution in [0.3, 0.4) is 0 Å². The number of benzene rings is 1. The SMILES string of the molecule is CCCCCCC(Cl)c1c(CC)cc(CC)cc1CC. The Kier molecular flexibility index (Phi) is 8.30. The third-order valence-electron chi connectivity index (χ3n) is 4.21. The zero-order valence-corrected chi connectivity index (χ0v) is 14.5. The Morgan fingerprint density at radius 1 is 0.850 bits per heavy atom. The summed E-state index contributed by atoms with van der Waals surface area (Å²) in [5.41, 5.74) is 5.83. The monoisotopic (exact) mass is 294 g/mol. The van der Waals surface area contributed by atoms with E-state index in [0.717, 1.165) is 25.7 Å². The number of unbranched alkanes of at least 4 members (excludes halogenated alkanes) is 3. The zero-order valence-electron chi connectivity index (χ0n) is 13.8. The van der Waals surface area contributed by atoms with Crippen molar-refractivity contribution < 1.29 is 0 Å². The van der Waals surface area contributed by atoms with Crippen LogP contribution in [0.15, 0.2) is 12.1 Å². The molecule has 0 amide bonds. The molecule has 1 unspecified atom stereocenters. The van der Waals surface area contributed by atoms with Gasteiger partial charge >= 0.3 is 0 Å². The minimum absolute atomic E-state index is 0.197. The second-order valence-corrected chi connectivity index (χ2v) is 6.23. The molecule has 0 N–H and O–H groups in total. The van der Waals surface area contributed by atoms with Gasteiger partial charge in [0.2, 0.25) is 0 Å². The lowest BCUT2D eigenvalue weighted by Gasteiger charge is -2.20. The lowest BCUT2D eigenvalue weighted by atomic mass is 9.90. The maximum atomic E-state index is 6.75. The Morgan fingerprint density at radius 3 is 1.90 bits per heavy atom. The number of hydrogen-bond donors (Lipinski definition) is 0.